The Morgan fingerprint density at radius 1 is 1.02 bits per heavy atom. The first-order valence-corrected chi connectivity index (χ1v) is 19.1. The van der Waals surface area contributed by atoms with Crippen LogP contribution in [-0.4, -0.2) is 99.3 Å². The highest BCUT2D eigenvalue weighted by atomic mass is 35.5. The van der Waals surface area contributed by atoms with Gasteiger partial charge in [0.15, 0.2) is 6.10 Å². The largest absolute Gasteiger partial charge is 0.472 e. The zero-order valence-corrected chi connectivity index (χ0v) is 32.8. The van der Waals surface area contributed by atoms with Gasteiger partial charge in [0.1, 0.15) is 29.8 Å². The smallest absolute Gasteiger partial charge is 0.408 e. The predicted molar refractivity (Wildman–Crippen MR) is 199 cm³/mol. The van der Waals surface area contributed by atoms with Crippen LogP contribution in [0.15, 0.2) is 30.0 Å². The summed E-state index contributed by atoms with van der Waals surface area (Å²) in [6, 6.07) is -0.959. The molecule has 0 bridgehead atoms. The Labute approximate surface area is 317 Å². The lowest BCUT2D eigenvalue weighted by Crippen LogP contribution is -2.61. The van der Waals surface area contributed by atoms with Gasteiger partial charge in [0.05, 0.1) is 17.6 Å². The molecule has 1 aliphatic heterocycles. The van der Waals surface area contributed by atoms with Crippen molar-refractivity contribution in [2.24, 2.45) is 5.41 Å². The van der Waals surface area contributed by atoms with E-state index < -0.39 is 77.1 Å². The van der Waals surface area contributed by atoms with Gasteiger partial charge >= 0.3 is 6.09 Å². The number of nitrogens with zero attached hydrogens (tertiary/aromatic N) is 2. The van der Waals surface area contributed by atoms with Crippen molar-refractivity contribution in [2.45, 2.75) is 154 Å². The van der Waals surface area contributed by atoms with Crippen LogP contribution < -0.4 is 26.0 Å². The molecule has 3 aliphatic rings. The molecular weight excluding hydrogens is 704 g/mol. The second-order valence-electron chi connectivity index (χ2n) is 16.3. The summed E-state index contributed by atoms with van der Waals surface area (Å²) in [6.45, 7) is 12.5. The van der Waals surface area contributed by atoms with Crippen molar-refractivity contribution < 1.29 is 38.6 Å². The predicted octanol–water partition coefficient (Wildman–Crippen LogP) is 3.93. The van der Waals surface area contributed by atoms with E-state index in [9.17, 15) is 29.1 Å². The molecule has 4 rings (SSSR count). The number of carbonyl (C=O) groups is 5. The number of aliphatic hydroxyl groups is 1. The van der Waals surface area contributed by atoms with Crippen LogP contribution in [0.1, 0.15) is 106 Å². The fourth-order valence-electron chi connectivity index (χ4n) is 6.49. The van der Waals surface area contributed by atoms with Crippen LogP contribution in [0.2, 0.25) is 5.02 Å². The summed E-state index contributed by atoms with van der Waals surface area (Å²) in [5.41, 5.74) is -0.911. The van der Waals surface area contributed by atoms with Gasteiger partial charge in [-0.25, -0.2) is 9.78 Å². The van der Waals surface area contributed by atoms with Gasteiger partial charge in [-0.3, -0.25) is 19.2 Å². The Bertz CT molecular complexity index is 1500. The van der Waals surface area contributed by atoms with Gasteiger partial charge in [-0.1, -0.05) is 51.8 Å². The van der Waals surface area contributed by atoms with Crippen LogP contribution in [0.5, 0.6) is 5.88 Å². The van der Waals surface area contributed by atoms with E-state index in [1.165, 1.54) is 11.1 Å². The monoisotopic (exact) mass is 760 g/mol. The third-order valence-corrected chi connectivity index (χ3v) is 9.58. The third kappa shape index (κ3) is 12.3. The molecule has 1 aromatic rings. The summed E-state index contributed by atoms with van der Waals surface area (Å²) in [4.78, 5) is 74.2. The highest BCUT2D eigenvalue weighted by Gasteiger charge is 2.47. The maximum Gasteiger partial charge on any atom is 0.408 e. The van der Waals surface area contributed by atoms with Crippen LogP contribution in [0, 0.1) is 5.41 Å². The highest BCUT2D eigenvalue weighted by Crippen LogP contribution is 2.29. The lowest BCUT2D eigenvalue weighted by atomic mass is 9.85. The number of likely N-dealkylation sites (tertiary alicyclic amines) is 1. The second kappa shape index (κ2) is 17.9. The number of nitrogens with one attached hydrogen (secondary N) is 4. The number of pyridine rings is 1. The Kier molecular flexibility index (Phi) is 14.2. The Balaban J connectivity index is 1.61. The quantitative estimate of drug-likeness (QED) is 0.175. The van der Waals surface area contributed by atoms with E-state index in [0.717, 1.165) is 37.7 Å². The van der Waals surface area contributed by atoms with Crippen molar-refractivity contribution in [1.29, 1.82) is 0 Å². The first-order chi connectivity index (χ1) is 24.9. The minimum absolute atomic E-state index is 0.0163. The fraction of sp³-hybridized carbons (Fsp3) is 0.684. The van der Waals surface area contributed by atoms with Gasteiger partial charge in [0, 0.05) is 24.7 Å². The minimum Gasteiger partial charge on any atom is -0.472 e. The molecule has 2 heterocycles. The average molecular weight is 761 g/mol. The van der Waals surface area contributed by atoms with E-state index >= 15 is 0 Å². The molecule has 15 heteroatoms. The van der Waals surface area contributed by atoms with Gasteiger partial charge in [0.25, 0.3) is 5.91 Å². The van der Waals surface area contributed by atoms with E-state index in [-0.39, 0.29) is 24.9 Å². The molecule has 1 unspecified atom stereocenters. The molecule has 0 aromatic carbocycles. The number of alkyl carbamates (subject to hydrolysis) is 1. The number of carbonyl (C=O) groups excluding carboxylic acids is 5. The molecule has 1 aromatic heterocycles. The molecule has 6 atom stereocenters. The Morgan fingerprint density at radius 3 is 2.30 bits per heavy atom. The maximum absolute atomic E-state index is 14.7. The summed E-state index contributed by atoms with van der Waals surface area (Å²) in [6.07, 6.45) is 6.27. The molecule has 1 saturated heterocycles. The summed E-state index contributed by atoms with van der Waals surface area (Å²) < 4.78 is 11.6. The number of aliphatic hydroxyl groups excluding tert-OH is 1. The Hall–Kier alpha value is -3.91. The summed E-state index contributed by atoms with van der Waals surface area (Å²) in [5.74, 6) is -1.99. The summed E-state index contributed by atoms with van der Waals surface area (Å²) >= 11 is 6.02. The molecule has 0 radical (unpaired) electrons. The molecule has 5 amide bonds. The lowest BCUT2D eigenvalue weighted by molar-refractivity contribution is -0.144. The van der Waals surface area contributed by atoms with Gasteiger partial charge in [0.2, 0.25) is 23.6 Å². The van der Waals surface area contributed by atoms with Crippen molar-refractivity contribution in [2.75, 3.05) is 6.54 Å². The van der Waals surface area contributed by atoms with E-state index in [2.05, 4.69) is 26.3 Å². The van der Waals surface area contributed by atoms with E-state index in [0.29, 0.717) is 24.3 Å². The van der Waals surface area contributed by atoms with Gasteiger partial charge in [-0.15, -0.1) is 0 Å². The molecule has 0 spiro atoms. The van der Waals surface area contributed by atoms with Gasteiger partial charge in [-0.05, 0) is 82.8 Å². The first-order valence-electron chi connectivity index (χ1n) is 18.7. The van der Waals surface area contributed by atoms with Crippen LogP contribution in [0.3, 0.4) is 0 Å². The fourth-order valence-corrected chi connectivity index (χ4v) is 6.60. The lowest BCUT2D eigenvalue weighted by Gasteiger charge is -2.37. The number of allylic oxidation sites excluding steroid dienone is 1. The van der Waals surface area contributed by atoms with Crippen LogP contribution in [-0.2, 0) is 23.9 Å². The minimum atomic E-state index is -1.49. The number of rotatable bonds is 14. The normalized spacial score (nSPS) is 21.3. The zero-order valence-electron chi connectivity index (χ0n) is 32.0. The number of halogens is 1. The van der Waals surface area contributed by atoms with Crippen molar-refractivity contribution in [1.82, 2.24) is 31.2 Å². The standard InChI is InChI=1S/C38H57ClN6O8/c1-8-12-26(30(46)34(49)41-24-16-17-24)42-32(47)27-19-25(52-28-18-15-23(39)20-40-28)21-45(27)35(50)31(37(2,3)4)44-33(48)29(22-13-10-9-11-14-22)43-36(51)53-38(5,6)7/h13,15,18,20,24-27,29-31,46H,8-12,14,16-17,19,21H2,1-7H3,(H,41,49)(H,42,47)(H,43,51)(H,44,48)/t25-,26+,27+,29+,30?,31-/m1/s1. The number of aromatic nitrogens is 1. The van der Waals surface area contributed by atoms with Crippen LogP contribution >= 0.6 is 11.6 Å². The number of hydrogen-bond donors (Lipinski definition) is 5. The van der Waals surface area contributed by atoms with Crippen molar-refractivity contribution in [3.05, 3.63) is 35.0 Å². The summed E-state index contributed by atoms with van der Waals surface area (Å²) in [7, 11) is 0. The second-order valence-corrected chi connectivity index (χ2v) is 16.8. The number of amides is 5. The Morgan fingerprint density at radius 2 is 1.74 bits per heavy atom. The SMILES string of the molecule is CCC[C@H](NC(=O)[C@@H]1C[C@@H](Oc2ccc(Cl)cn2)CN1C(=O)[C@@H](NC(=O)[C@@H](NC(=O)OC(C)(C)C)C1=CCCCC1)C(C)(C)C)C(O)C(=O)NC1CC1. The average Bonchev–Trinajstić information content (AvgIpc) is 3.80. The first kappa shape index (κ1) is 41.8. The molecule has 1 saturated carbocycles. The number of hydrogen-bond acceptors (Lipinski definition) is 9. The van der Waals surface area contributed by atoms with Crippen LogP contribution in [0.4, 0.5) is 4.79 Å². The van der Waals surface area contributed by atoms with E-state index in [1.54, 1.807) is 53.7 Å². The van der Waals surface area contributed by atoms with E-state index in [1.807, 2.05) is 13.0 Å². The van der Waals surface area contributed by atoms with Crippen molar-refractivity contribution in [3.8, 4) is 5.88 Å². The molecule has 14 nitrogen and oxygen atoms in total. The highest BCUT2D eigenvalue weighted by molar-refractivity contribution is 6.30. The molecule has 2 fully saturated rings. The van der Waals surface area contributed by atoms with Gasteiger partial charge in [-0.2, -0.15) is 0 Å². The number of ether oxygens (including phenoxy) is 2. The summed E-state index contributed by atoms with van der Waals surface area (Å²) in [5, 5.41) is 22.6. The topological polar surface area (TPSA) is 188 Å². The third-order valence-electron chi connectivity index (χ3n) is 9.36. The van der Waals surface area contributed by atoms with Crippen molar-refractivity contribution >= 4 is 41.3 Å². The maximum atomic E-state index is 14.7. The molecule has 2 aliphatic carbocycles. The van der Waals surface area contributed by atoms with Gasteiger partial charge < -0.3 is 40.7 Å². The van der Waals surface area contributed by atoms with Crippen molar-refractivity contribution in [3.63, 3.8) is 0 Å². The molecule has 294 valence electrons. The zero-order chi connectivity index (χ0) is 39.1. The van der Waals surface area contributed by atoms with Crippen LogP contribution in [0.25, 0.3) is 0 Å². The molecule has 53 heavy (non-hydrogen) atoms. The molecule has 5 N–H and O–H groups in total. The molecular formula is C38H57ClN6O8. The van der Waals surface area contributed by atoms with E-state index in [4.69, 9.17) is 21.1 Å².